The molecule has 0 saturated heterocycles. The predicted octanol–water partition coefficient (Wildman–Crippen LogP) is 2.42. The van der Waals surface area contributed by atoms with Crippen molar-refractivity contribution in [3.8, 4) is 17.2 Å². The molecule has 0 fully saturated rings. The largest absolute Gasteiger partial charge is 0.495 e. The van der Waals surface area contributed by atoms with Crippen molar-refractivity contribution in [2.24, 2.45) is 0 Å². The van der Waals surface area contributed by atoms with Gasteiger partial charge in [-0.3, -0.25) is 4.98 Å². The summed E-state index contributed by atoms with van der Waals surface area (Å²) in [6.07, 6.45) is 1.74. The number of methoxy groups -OCH3 is 3. The second kappa shape index (κ2) is 6.95. The minimum absolute atomic E-state index is 0.161. The van der Waals surface area contributed by atoms with Gasteiger partial charge in [0, 0.05) is 11.8 Å². The number of nitrogens with zero attached hydrogens (tertiary/aromatic N) is 1. The summed E-state index contributed by atoms with van der Waals surface area (Å²) in [5.74, 6) is 2.10. The zero-order chi connectivity index (χ0) is 15.2. The van der Waals surface area contributed by atoms with E-state index >= 15 is 0 Å². The normalized spacial score (nSPS) is 11.8. The van der Waals surface area contributed by atoms with E-state index in [-0.39, 0.29) is 6.04 Å². The standard InChI is InChI=1S/C16H20N2O3/c1-17-14(15-12(19-2)9-6-10-18-15)11-7-5-8-13(20-3)16(11)21-4/h5-10,14,17H,1-4H3. The Morgan fingerprint density at radius 3 is 2.29 bits per heavy atom. The van der Waals surface area contributed by atoms with E-state index < -0.39 is 0 Å². The molecule has 1 N–H and O–H groups in total. The van der Waals surface area contributed by atoms with Crippen molar-refractivity contribution in [2.75, 3.05) is 28.4 Å². The minimum Gasteiger partial charge on any atom is -0.495 e. The fourth-order valence-electron chi connectivity index (χ4n) is 2.37. The molecular weight excluding hydrogens is 268 g/mol. The second-order valence-electron chi connectivity index (χ2n) is 4.40. The van der Waals surface area contributed by atoms with Crippen LogP contribution in [0.5, 0.6) is 17.2 Å². The maximum Gasteiger partial charge on any atom is 0.165 e. The average Bonchev–Trinajstić information content (AvgIpc) is 2.55. The molecule has 0 aliphatic rings. The highest BCUT2D eigenvalue weighted by atomic mass is 16.5. The third-order valence-corrected chi connectivity index (χ3v) is 3.33. The zero-order valence-electron chi connectivity index (χ0n) is 12.7. The quantitative estimate of drug-likeness (QED) is 0.884. The van der Waals surface area contributed by atoms with Gasteiger partial charge in [0.15, 0.2) is 11.5 Å². The molecule has 0 bridgehead atoms. The van der Waals surface area contributed by atoms with Gasteiger partial charge in [0.05, 0.1) is 27.4 Å². The number of pyridine rings is 1. The van der Waals surface area contributed by atoms with Crippen LogP contribution in [0.1, 0.15) is 17.3 Å². The Balaban J connectivity index is 2.56. The Morgan fingerprint density at radius 1 is 0.952 bits per heavy atom. The van der Waals surface area contributed by atoms with Crippen molar-refractivity contribution in [1.29, 1.82) is 0 Å². The summed E-state index contributed by atoms with van der Waals surface area (Å²) in [5, 5.41) is 3.26. The molecule has 1 aromatic carbocycles. The first-order valence-corrected chi connectivity index (χ1v) is 6.63. The fraction of sp³-hybridized carbons (Fsp3) is 0.312. The highest BCUT2D eigenvalue weighted by Gasteiger charge is 2.23. The summed E-state index contributed by atoms with van der Waals surface area (Å²) in [6.45, 7) is 0. The Morgan fingerprint density at radius 2 is 1.67 bits per heavy atom. The van der Waals surface area contributed by atoms with Gasteiger partial charge in [-0.1, -0.05) is 12.1 Å². The van der Waals surface area contributed by atoms with Gasteiger partial charge in [0.1, 0.15) is 11.4 Å². The van der Waals surface area contributed by atoms with Crippen molar-refractivity contribution < 1.29 is 14.2 Å². The van der Waals surface area contributed by atoms with E-state index in [1.165, 1.54) is 0 Å². The number of hydrogen-bond donors (Lipinski definition) is 1. The maximum atomic E-state index is 5.51. The first kappa shape index (κ1) is 15.1. The lowest BCUT2D eigenvalue weighted by molar-refractivity contribution is 0.348. The molecule has 1 aromatic heterocycles. The number of benzene rings is 1. The molecule has 0 aliphatic carbocycles. The summed E-state index contributed by atoms with van der Waals surface area (Å²) in [7, 11) is 6.76. The topological polar surface area (TPSA) is 52.6 Å². The molecule has 0 radical (unpaired) electrons. The molecule has 2 aromatic rings. The van der Waals surface area contributed by atoms with Gasteiger partial charge in [-0.25, -0.2) is 0 Å². The zero-order valence-corrected chi connectivity index (χ0v) is 12.7. The van der Waals surface area contributed by atoms with E-state index in [4.69, 9.17) is 14.2 Å². The predicted molar refractivity (Wildman–Crippen MR) is 81.2 cm³/mol. The second-order valence-corrected chi connectivity index (χ2v) is 4.40. The van der Waals surface area contributed by atoms with Crippen molar-refractivity contribution in [3.05, 3.63) is 47.8 Å². The third kappa shape index (κ3) is 2.92. The van der Waals surface area contributed by atoms with Crippen LogP contribution in [0.15, 0.2) is 36.5 Å². The number of hydrogen-bond acceptors (Lipinski definition) is 5. The highest BCUT2D eigenvalue weighted by Crippen LogP contribution is 2.38. The molecule has 0 spiro atoms. The van der Waals surface area contributed by atoms with Crippen molar-refractivity contribution >= 4 is 0 Å². The lowest BCUT2D eigenvalue weighted by atomic mass is 10.0. The summed E-state index contributed by atoms with van der Waals surface area (Å²) in [4.78, 5) is 4.44. The van der Waals surface area contributed by atoms with Crippen molar-refractivity contribution in [3.63, 3.8) is 0 Å². The van der Waals surface area contributed by atoms with Crippen LogP contribution in [-0.4, -0.2) is 33.4 Å². The minimum atomic E-state index is -0.161. The molecule has 5 heteroatoms. The number of ether oxygens (including phenoxy) is 3. The molecule has 112 valence electrons. The lowest BCUT2D eigenvalue weighted by Crippen LogP contribution is -2.20. The molecule has 1 atom stereocenters. The van der Waals surface area contributed by atoms with Gasteiger partial charge in [0.25, 0.3) is 0 Å². The number of aromatic nitrogens is 1. The average molecular weight is 288 g/mol. The van der Waals surface area contributed by atoms with Crippen LogP contribution in [0.3, 0.4) is 0 Å². The van der Waals surface area contributed by atoms with E-state index in [2.05, 4.69) is 10.3 Å². The Labute approximate surface area is 124 Å². The monoisotopic (exact) mass is 288 g/mol. The van der Waals surface area contributed by atoms with Crippen LogP contribution in [0, 0.1) is 0 Å². The molecule has 0 amide bonds. The van der Waals surface area contributed by atoms with Crippen LogP contribution in [0.2, 0.25) is 0 Å². The van der Waals surface area contributed by atoms with Crippen LogP contribution < -0.4 is 19.5 Å². The van der Waals surface area contributed by atoms with Gasteiger partial charge in [-0.2, -0.15) is 0 Å². The molecule has 0 aliphatic heterocycles. The Hall–Kier alpha value is -2.27. The van der Waals surface area contributed by atoms with Gasteiger partial charge in [0.2, 0.25) is 0 Å². The first-order chi connectivity index (χ1) is 10.3. The number of rotatable bonds is 6. The molecule has 5 nitrogen and oxygen atoms in total. The SMILES string of the molecule is CNC(c1cccc(OC)c1OC)c1ncccc1OC. The van der Waals surface area contributed by atoms with Gasteiger partial charge < -0.3 is 19.5 Å². The highest BCUT2D eigenvalue weighted by molar-refractivity contribution is 5.51. The lowest BCUT2D eigenvalue weighted by Gasteiger charge is -2.21. The molecule has 0 saturated carbocycles. The Bertz CT molecular complexity index is 602. The van der Waals surface area contributed by atoms with E-state index in [0.717, 1.165) is 17.0 Å². The molecule has 1 heterocycles. The van der Waals surface area contributed by atoms with E-state index in [9.17, 15) is 0 Å². The first-order valence-electron chi connectivity index (χ1n) is 6.63. The fourth-order valence-corrected chi connectivity index (χ4v) is 2.37. The van der Waals surface area contributed by atoms with Crippen LogP contribution in [0.4, 0.5) is 0 Å². The van der Waals surface area contributed by atoms with Gasteiger partial charge in [-0.05, 0) is 25.2 Å². The van der Waals surface area contributed by atoms with Crippen LogP contribution >= 0.6 is 0 Å². The van der Waals surface area contributed by atoms with Crippen molar-refractivity contribution in [1.82, 2.24) is 10.3 Å². The van der Waals surface area contributed by atoms with Crippen LogP contribution in [0.25, 0.3) is 0 Å². The van der Waals surface area contributed by atoms with Crippen molar-refractivity contribution in [2.45, 2.75) is 6.04 Å². The summed E-state index contributed by atoms with van der Waals surface area (Å²) in [6, 6.07) is 9.35. The van der Waals surface area contributed by atoms with Gasteiger partial charge >= 0.3 is 0 Å². The summed E-state index contributed by atoms with van der Waals surface area (Å²) in [5.41, 5.74) is 1.74. The van der Waals surface area contributed by atoms with E-state index in [0.29, 0.717) is 11.5 Å². The third-order valence-electron chi connectivity index (χ3n) is 3.33. The van der Waals surface area contributed by atoms with E-state index in [1.807, 2.05) is 37.4 Å². The molecule has 2 rings (SSSR count). The summed E-state index contributed by atoms with van der Waals surface area (Å²) < 4.78 is 16.3. The number of para-hydroxylation sites is 1. The number of nitrogens with one attached hydrogen (secondary N) is 1. The smallest absolute Gasteiger partial charge is 0.165 e. The van der Waals surface area contributed by atoms with E-state index in [1.54, 1.807) is 27.5 Å². The molecule has 1 unspecified atom stereocenters. The van der Waals surface area contributed by atoms with Crippen LogP contribution in [-0.2, 0) is 0 Å². The van der Waals surface area contributed by atoms with Gasteiger partial charge in [-0.15, -0.1) is 0 Å². The Kier molecular flexibility index (Phi) is 5.00. The summed E-state index contributed by atoms with van der Waals surface area (Å²) >= 11 is 0. The maximum absolute atomic E-state index is 5.51. The molecular formula is C16H20N2O3. The molecule has 21 heavy (non-hydrogen) atoms.